The van der Waals surface area contributed by atoms with Crippen LogP contribution in [0.3, 0.4) is 0 Å². The average Bonchev–Trinajstić information content (AvgIpc) is 2.92. The zero-order chi connectivity index (χ0) is 17.6. The number of likely N-dealkylation sites (tertiary alicyclic amines) is 1. The Balaban J connectivity index is 1.62. The number of hydrogen-bond donors (Lipinski definition) is 0. The second-order valence-electron chi connectivity index (χ2n) is 7.86. The van der Waals surface area contributed by atoms with Crippen LogP contribution < -0.4 is 0 Å². The molecule has 2 aliphatic rings. The fourth-order valence-electron chi connectivity index (χ4n) is 4.13. The molecule has 0 radical (unpaired) electrons. The van der Waals surface area contributed by atoms with Crippen molar-refractivity contribution in [1.29, 1.82) is 0 Å². The van der Waals surface area contributed by atoms with Crippen LogP contribution in [0.1, 0.15) is 57.6 Å². The number of carbonyl (C=O) groups is 1. The number of benzene rings is 1. The van der Waals surface area contributed by atoms with E-state index in [0.29, 0.717) is 5.92 Å². The van der Waals surface area contributed by atoms with Crippen LogP contribution in [0.25, 0.3) is 0 Å². The summed E-state index contributed by atoms with van der Waals surface area (Å²) in [6.45, 7) is 8.76. The summed E-state index contributed by atoms with van der Waals surface area (Å²) >= 11 is 0. The summed E-state index contributed by atoms with van der Waals surface area (Å²) in [7, 11) is 0. The van der Waals surface area contributed by atoms with Crippen molar-refractivity contribution in [3.8, 4) is 0 Å². The maximum absolute atomic E-state index is 12.5. The molecular formula is C21H32N2O2. The molecule has 2 fully saturated rings. The zero-order valence-electron chi connectivity index (χ0n) is 15.7. The Bertz CT molecular complexity index is 540. The molecule has 4 nitrogen and oxygen atoms in total. The molecular weight excluding hydrogens is 312 g/mol. The Kier molecular flexibility index (Phi) is 6.35. The Labute approximate surface area is 152 Å². The van der Waals surface area contributed by atoms with Gasteiger partial charge in [0.15, 0.2) is 0 Å². The van der Waals surface area contributed by atoms with Gasteiger partial charge in [0, 0.05) is 6.54 Å². The van der Waals surface area contributed by atoms with Crippen LogP contribution in [0.4, 0.5) is 4.79 Å². The van der Waals surface area contributed by atoms with E-state index in [9.17, 15) is 4.79 Å². The second-order valence-corrected chi connectivity index (χ2v) is 7.86. The fraction of sp³-hybridized carbons (Fsp3) is 0.667. The number of amides is 1. The van der Waals surface area contributed by atoms with Crippen molar-refractivity contribution in [2.45, 2.75) is 58.1 Å². The number of piperidine rings is 1. The first-order chi connectivity index (χ1) is 12.1. The lowest BCUT2D eigenvalue weighted by atomic mass is 9.94. The highest BCUT2D eigenvalue weighted by Crippen LogP contribution is 2.36. The quantitative estimate of drug-likeness (QED) is 0.731. The minimum Gasteiger partial charge on any atom is -0.439 e. The van der Waals surface area contributed by atoms with Crippen molar-refractivity contribution in [3.05, 3.63) is 35.9 Å². The number of carbonyl (C=O) groups excluding carboxylic acids is 1. The first-order valence-electron chi connectivity index (χ1n) is 9.89. The van der Waals surface area contributed by atoms with Gasteiger partial charge in [-0.25, -0.2) is 4.79 Å². The molecule has 4 heteroatoms. The number of cyclic esters (lactones) is 1. The molecule has 0 N–H and O–H groups in total. The largest absolute Gasteiger partial charge is 0.439 e. The summed E-state index contributed by atoms with van der Waals surface area (Å²) in [5.41, 5.74) is 1.11. The van der Waals surface area contributed by atoms with E-state index in [0.717, 1.165) is 31.5 Å². The predicted molar refractivity (Wildman–Crippen MR) is 101 cm³/mol. The van der Waals surface area contributed by atoms with Gasteiger partial charge in [-0.3, -0.25) is 0 Å². The van der Waals surface area contributed by atoms with Gasteiger partial charge in [0.05, 0.1) is 6.04 Å². The Morgan fingerprint density at radius 2 is 1.80 bits per heavy atom. The molecule has 3 rings (SSSR count). The monoisotopic (exact) mass is 344 g/mol. The van der Waals surface area contributed by atoms with E-state index in [-0.39, 0.29) is 18.2 Å². The molecule has 2 atom stereocenters. The van der Waals surface area contributed by atoms with Crippen molar-refractivity contribution in [3.63, 3.8) is 0 Å². The van der Waals surface area contributed by atoms with Gasteiger partial charge in [0.25, 0.3) is 0 Å². The molecule has 138 valence electrons. The first kappa shape index (κ1) is 18.2. The van der Waals surface area contributed by atoms with Gasteiger partial charge in [-0.1, -0.05) is 50.6 Å². The first-order valence-corrected chi connectivity index (χ1v) is 9.89. The van der Waals surface area contributed by atoms with E-state index in [1.807, 2.05) is 23.1 Å². The summed E-state index contributed by atoms with van der Waals surface area (Å²) in [6.07, 6.45) is 5.74. The highest BCUT2D eigenvalue weighted by Gasteiger charge is 2.42. The van der Waals surface area contributed by atoms with E-state index in [4.69, 9.17) is 4.74 Å². The number of rotatable bonds is 7. The summed E-state index contributed by atoms with van der Waals surface area (Å²) in [6, 6.07) is 10.3. The normalized spacial score (nSPS) is 24.8. The van der Waals surface area contributed by atoms with Crippen LogP contribution in [0.2, 0.25) is 0 Å². The fourth-order valence-corrected chi connectivity index (χ4v) is 4.13. The highest BCUT2D eigenvalue weighted by molar-refractivity contribution is 5.71. The molecule has 0 spiro atoms. The summed E-state index contributed by atoms with van der Waals surface area (Å²) in [4.78, 5) is 17.0. The van der Waals surface area contributed by atoms with E-state index in [1.54, 1.807) is 0 Å². The molecule has 0 bridgehead atoms. The molecule has 0 unspecified atom stereocenters. The standard InChI is InChI=1S/C21H32N2O2/c1-17(2)16-19-20(18-10-5-3-6-11-18)25-21(24)23(19)15-9-14-22-12-7-4-8-13-22/h3,5-6,10-11,17,19-20H,4,7-9,12-16H2,1-2H3/t19-,20-/m0/s1. The number of nitrogens with zero attached hydrogens (tertiary/aromatic N) is 2. The van der Waals surface area contributed by atoms with Crippen molar-refractivity contribution in [2.24, 2.45) is 5.92 Å². The SMILES string of the molecule is CC(C)C[C@H]1[C@H](c2ccccc2)OC(=O)N1CCCN1CCCCC1. The van der Waals surface area contributed by atoms with E-state index in [2.05, 4.69) is 30.9 Å². The van der Waals surface area contributed by atoms with Gasteiger partial charge in [-0.15, -0.1) is 0 Å². The Morgan fingerprint density at radius 3 is 2.48 bits per heavy atom. The predicted octanol–water partition coefficient (Wildman–Crippen LogP) is 4.47. The Hall–Kier alpha value is -1.55. The van der Waals surface area contributed by atoms with E-state index >= 15 is 0 Å². The van der Waals surface area contributed by atoms with Crippen LogP contribution in [0, 0.1) is 5.92 Å². The highest BCUT2D eigenvalue weighted by atomic mass is 16.6. The number of ether oxygens (including phenoxy) is 1. The minimum absolute atomic E-state index is 0.133. The third kappa shape index (κ3) is 4.75. The topological polar surface area (TPSA) is 32.8 Å². The number of hydrogen-bond acceptors (Lipinski definition) is 3. The second kappa shape index (κ2) is 8.70. The van der Waals surface area contributed by atoms with Crippen LogP contribution in [-0.4, -0.2) is 48.1 Å². The van der Waals surface area contributed by atoms with E-state index < -0.39 is 0 Å². The lowest BCUT2D eigenvalue weighted by Crippen LogP contribution is -2.38. The lowest BCUT2D eigenvalue weighted by Gasteiger charge is -2.29. The van der Waals surface area contributed by atoms with Crippen molar-refractivity contribution in [2.75, 3.05) is 26.2 Å². The van der Waals surface area contributed by atoms with Gasteiger partial charge in [-0.05, 0) is 56.8 Å². The Morgan fingerprint density at radius 1 is 1.08 bits per heavy atom. The van der Waals surface area contributed by atoms with Crippen molar-refractivity contribution in [1.82, 2.24) is 9.80 Å². The summed E-state index contributed by atoms with van der Waals surface area (Å²) < 4.78 is 5.79. The summed E-state index contributed by atoms with van der Waals surface area (Å²) in [5.74, 6) is 0.537. The molecule has 0 aliphatic carbocycles. The van der Waals surface area contributed by atoms with Gasteiger partial charge in [0.1, 0.15) is 6.10 Å². The van der Waals surface area contributed by atoms with Crippen molar-refractivity contribution >= 4 is 6.09 Å². The maximum Gasteiger partial charge on any atom is 0.410 e. The molecule has 0 aromatic heterocycles. The third-order valence-electron chi connectivity index (χ3n) is 5.38. The molecule has 2 saturated heterocycles. The molecule has 1 amide bonds. The lowest BCUT2D eigenvalue weighted by molar-refractivity contribution is 0.128. The average molecular weight is 344 g/mol. The summed E-state index contributed by atoms with van der Waals surface area (Å²) in [5, 5.41) is 0. The van der Waals surface area contributed by atoms with Gasteiger partial charge < -0.3 is 14.5 Å². The van der Waals surface area contributed by atoms with Crippen LogP contribution in [0.15, 0.2) is 30.3 Å². The molecule has 25 heavy (non-hydrogen) atoms. The van der Waals surface area contributed by atoms with E-state index in [1.165, 1.54) is 32.4 Å². The molecule has 1 aromatic rings. The van der Waals surface area contributed by atoms with Gasteiger partial charge >= 0.3 is 6.09 Å². The smallest absolute Gasteiger partial charge is 0.410 e. The van der Waals surface area contributed by atoms with Gasteiger partial charge in [0.2, 0.25) is 0 Å². The molecule has 1 aromatic carbocycles. The maximum atomic E-state index is 12.5. The van der Waals surface area contributed by atoms with Crippen LogP contribution in [0.5, 0.6) is 0 Å². The van der Waals surface area contributed by atoms with Gasteiger partial charge in [-0.2, -0.15) is 0 Å². The minimum atomic E-state index is -0.141. The van der Waals surface area contributed by atoms with Crippen molar-refractivity contribution < 1.29 is 9.53 Å². The molecule has 2 heterocycles. The van der Waals surface area contributed by atoms with Crippen LogP contribution in [-0.2, 0) is 4.74 Å². The molecule has 0 saturated carbocycles. The third-order valence-corrected chi connectivity index (χ3v) is 5.38. The van der Waals surface area contributed by atoms with Crippen LogP contribution >= 0.6 is 0 Å². The molecule has 2 aliphatic heterocycles. The zero-order valence-corrected chi connectivity index (χ0v) is 15.7.